The highest BCUT2D eigenvalue weighted by Crippen LogP contribution is 2.38. The molecule has 1 saturated carbocycles. The molecule has 2 aromatic rings. The van der Waals surface area contributed by atoms with Gasteiger partial charge in [0.25, 0.3) is 0 Å². The van der Waals surface area contributed by atoms with E-state index in [0.29, 0.717) is 24.5 Å². The van der Waals surface area contributed by atoms with Crippen molar-refractivity contribution in [3.8, 4) is 5.88 Å². The summed E-state index contributed by atoms with van der Waals surface area (Å²) in [5.74, 6) is 1.12. The predicted molar refractivity (Wildman–Crippen MR) is 97.6 cm³/mol. The van der Waals surface area contributed by atoms with E-state index in [1.807, 2.05) is 36.4 Å². The fourth-order valence-corrected chi connectivity index (χ4v) is 3.68. The number of carbonyl (C=O) groups is 1. The van der Waals surface area contributed by atoms with Gasteiger partial charge in [0, 0.05) is 17.2 Å². The molecular formula is C19H22N2O3S. The number of rotatable bonds is 7. The van der Waals surface area contributed by atoms with E-state index in [-0.39, 0.29) is 24.0 Å². The number of benzene rings is 1. The fourth-order valence-electron chi connectivity index (χ4n) is 2.95. The van der Waals surface area contributed by atoms with Crippen LogP contribution in [0.3, 0.4) is 0 Å². The van der Waals surface area contributed by atoms with Gasteiger partial charge in [-0.05, 0) is 36.5 Å². The summed E-state index contributed by atoms with van der Waals surface area (Å²) < 4.78 is 5.09. The minimum atomic E-state index is -0.269. The van der Waals surface area contributed by atoms with Gasteiger partial charge in [0.05, 0.1) is 25.0 Å². The number of nitrogens with one attached hydrogen (secondary N) is 1. The molecule has 0 unspecified atom stereocenters. The molecule has 0 bridgehead atoms. The first kappa shape index (κ1) is 17.8. The second kappa shape index (κ2) is 8.36. The predicted octanol–water partition coefficient (Wildman–Crippen LogP) is 2.81. The molecule has 5 nitrogen and oxygen atoms in total. The number of carbonyl (C=O) groups excluding carboxylic acids is 1. The van der Waals surface area contributed by atoms with Crippen molar-refractivity contribution in [3.05, 3.63) is 54.2 Å². The molecule has 25 heavy (non-hydrogen) atoms. The smallest absolute Gasteiger partial charge is 0.230 e. The lowest BCUT2D eigenvalue weighted by Crippen LogP contribution is -2.42. The molecular weight excluding hydrogens is 336 g/mol. The Hall–Kier alpha value is -2.05. The average Bonchev–Trinajstić information content (AvgIpc) is 2.63. The number of amides is 1. The molecule has 1 atom stereocenters. The van der Waals surface area contributed by atoms with E-state index in [9.17, 15) is 9.90 Å². The highest BCUT2D eigenvalue weighted by atomic mass is 32.2. The molecule has 1 amide bonds. The first-order valence-corrected chi connectivity index (χ1v) is 9.29. The van der Waals surface area contributed by atoms with Crippen LogP contribution in [0.4, 0.5) is 0 Å². The van der Waals surface area contributed by atoms with Crippen molar-refractivity contribution in [2.24, 2.45) is 5.92 Å². The highest BCUT2D eigenvalue weighted by molar-refractivity contribution is 8.00. The average molecular weight is 358 g/mol. The quantitative estimate of drug-likeness (QED) is 0.745. The largest absolute Gasteiger partial charge is 0.481 e. The Bertz CT molecular complexity index is 688. The third-order valence-electron chi connectivity index (χ3n) is 4.38. The van der Waals surface area contributed by atoms with Crippen LogP contribution in [0.1, 0.15) is 24.4 Å². The van der Waals surface area contributed by atoms with Crippen molar-refractivity contribution in [2.45, 2.75) is 29.9 Å². The second-order valence-electron chi connectivity index (χ2n) is 6.17. The summed E-state index contributed by atoms with van der Waals surface area (Å²) in [4.78, 5) is 17.7. The minimum Gasteiger partial charge on any atom is -0.481 e. The van der Waals surface area contributed by atoms with Gasteiger partial charge < -0.3 is 15.2 Å². The number of hydrogen-bond acceptors (Lipinski definition) is 5. The van der Waals surface area contributed by atoms with E-state index < -0.39 is 0 Å². The van der Waals surface area contributed by atoms with Crippen LogP contribution in [0.2, 0.25) is 0 Å². The molecule has 6 heteroatoms. The van der Waals surface area contributed by atoms with Gasteiger partial charge in [-0.1, -0.05) is 24.3 Å². The summed E-state index contributed by atoms with van der Waals surface area (Å²) in [7, 11) is 1.57. The van der Waals surface area contributed by atoms with Crippen LogP contribution in [0, 0.1) is 5.92 Å². The van der Waals surface area contributed by atoms with E-state index in [1.165, 1.54) is 11.8 Å². The SMILES string of the molecule is COc1ccc([C@H](NC(=O)CSc2ccccc2)C2CC(O)C2)cn1. The lowest BCUT2D eigenvalue weighted by atomic mass is 9.75. The van der Waals surface area contributed by atoms with E-state index in [0.717, 1.165) is 10.5 Å². The first-order chi connectivity index (χ1) is 12.2. The van der Waals surface area contributed by atoms with Crippen molar-refractivity contribution in [2.75, 3.05) is 12.9 Å². The molecule has 0 radical (unpaired) electrons. The maximum absolute atomic E-state index is 12.4. The monoisotopic (exact) mass is 358 g/mol. The maximum Gasteiger partial charge on any atom is 0.230 e. The number of aliphatic hydroxyl groups is 1. The number of thioether (sulfide) groups is 1. The summed E-state index contributed by atoms with van der Waals surface area (Å²) in [5.41, 5.74) is 0.941. The van der Waals surface area contributed by atoms with Crippen LogP contribution in [0.15, 0.2) is 53.6 Å². The molecule has 2 N–H and O–H groups in total. The normalized spacial score (nSPS) is 20.4. The lowest BCUT2D eigenvalue weighted by Gasteiger charge is -2.38. The van der Waals surface area contributed by atoms with Gasteiger partial charge in [0.1, 0.15) is 0 Å². The van der Waals surface area contributed by atoms with Crippen molar-refractivity contribution in [1.29, 1.82) is 0 Å². The van der Waals surface area contributed by atoms with Gasteiger partial charge >= 0.3 is 0 Å². The first-order valence-electron chi connectivity index (χ1n) is 8.31. The fraction of sp³-hybridized carbons (Fsp3) is 0.368. The van der Waals surface area contributed by atoms with Crippen LogP contribution < -0.4 is 10.1 Å². The van der Waals surface area contributed by atoms with Crippen molar-refractivity contribution in [3.63, 3.8) is 0 Å². The molecule has 1 heterocycles. The van der Waals surface area contributed by atoms with E-state index in [2.05, 4.69) is 10.3 Å². The molecule has 1 aromatic heterocycles. The molecule has 0 aliphatic heterocycles. The molecule has 1 aliphatic rings. The number of methoxy groups -OCH3 is 1. The molecule has 1 fully saturated rings. The maximum atomic E-state index is 12.4. The van der Waals surface area contributed by atoms with E-state index in [4.69, 9.17) is 4.74 Å². The third kappa shape index (κ3) is 4.74. The van der Waals surface area contributed by atoms with Crippen molar-refractivity contribution < 1.29 is 14.6 Å². The van der Waals surface area contributed by atoms with Gasteiger partial charge in [-0.15, -0.1) is 11.8 Å². The number of ether oxygens (including phenoxy) is 1. The van der Waals surface area contributed by atoms with Crippen LogP contribution in [-0.4, -0.2) is 35.0 Å². The van der Waals surface area contributed by atoms with Crippen LogP contribution in [-0.2, 0) is 4.79 Å². The third-order valence-corrected chi connectivity index (χ3v) is 5.39. The zero-order valence-electron chi connectivity index (χ0n) is 14.1. The van der Waals surface area contributed by atoms with Gasteiger partial charge in [-0.3, -0.25) is 4.79 Å². The van der Waals surface area contributed by atoms with Crippen LogP contribution in [0.25, 0.3) is 0 Å². The molecule has 0 saturated heterocycles. The molecule has 1 aromatic carbocycles. The van der Waals surface area contributed by atoms with Gasteiger partial charge in [0.2, 0.25) is 11.8 Å². The number of aromatic nitrogens is 1. The summed E-state index contributed by atoms with van der Waals surface area (Å²) in [6.45, 7) is 0. The minimum absolute atomic E-state index is 0.0175. The Balaban J connectivity index is 1.63. The second-order valence-corrected chi connectivity index (χ2v) is 7.21. The Kier molecular flexibility index (Phi) is 5.94. The Morgan fingerprint density at radius 2 is 2.08 bits per heavy atom. The molecule has 0 spiro atoms. The van der Waals surface area contributed by atoms with Crippen LogP contribution in [0.5, 0.6) is 5.88 Å². The number of nitrogens with zero attached hydrogens (tertiary/aromatic N) is 1. The summed E-state index contributed by atoms with van der Waals surface area (Å²) in [6.07, 6.45) is 2.86. The standard InChI is InChI=1S/C19H22N2O3S/c1-24-18-8-7-13(11-20-18)19(14-9-15(22)10-14)21-17(23)12-25-16-5-3-2-4-6-16/h2-8,11,14-15,19,22H,9-10,12H2,1H3,(H,21,23)/t14?,15?,19-/m0/s1. The number of aliphatic hydroxyl groups excluding tert-OH is 1. The van der Waals surface area contributed by atoms with E-state index in [1.54, 1.807) is 19.4 Å². The molecule has 1 aliphatic carbocycles. The Labute approximate surface area is 151 Å². The zero-order valence-corrected chi connectivity index (χ0v) is 14.9. The number of hydrogen-bond donors (Lipinski definition) is 2. The summed E-state index contributed by atoms with van der Waals surface area (Å²) in [6, 6.07) is 13.4. The lowest BCUT2D eigenvalue weighted by molar-refractivity contribution is -0.120. The Morgan fingerprint density at radius 1 is 1.32 bits per heavy atom. The van der Waals surface area contributed by atoms with E-state index >= 15 is 0 Å². The molecule has 132 valence electrons. The topological polar surface area (TPSA) is 71.5 Å². The van der Waals surface area contributed by atoms with Gasteiger partial charge in [-0.25, -0.2) is 4.98 Å². The summed E-state index contributed by atoms with van der Waals surface area (Å²) in [5, 5.41) is 12.7. The zero-order chi connectivity index (χ0) is 17.6. The van der Waals surface area contributed by atoms with Gasteiger partial charge in [0.15, 0.2) is 0 Å². The Morgan fingerprint density at radius 3 is 2.68 bits per heavy atom. The van der Waals surface area contributed by atoms with Gasteiger partial charge in [-0.2, -0.15) is 0 Å². The highest BCUT2D eigenvalue weighted by Gasteiger charge is 2.35. The van der Waals surface area contributed by atoms with Crippen molar-refractivity contribution >= 4 is 17.7 Å². The molecule has 3 rings (SSSR count). The number of pyridine rings is 1. The van der Waals surface area contributed by atoms with Crippen LogP contribution >= 0.6 is 11.8 Å². The van der Waals surface area contributed by atoms with Crippen molar-refractivity contribution in [1.82, 2.24) is 10.3 Å². The summed E-state index contributed by atoms with van der Waals surface area (Å²) >= 11 is 1.51.